The van der Waals surface area contributed by atoms with Crippen molar-refractivity contribution in [3.8, 4) is 11.5 Å². The molecule has 0 bridgehead atoms. The molecule has 0 radical (unpaired) electrons. The maximum absolute atomic E-state index is 13.8. The Morgan fingerprint density at radius 2 is 1.45 bits per heavy atom. The molecule has 40 heavy (non-hydrogen) atoms. The molecule has 0 saturated heterocycles. The fraction of sp³-hybridized carbons (Fsp3) is 0.471. The van der Waals surface area contributed by atoms with Gasteiger partial charge in [0.2, 0.25) is 0 Å². The number of carbonyl (C=O) groups excluding carboxylic acids is 2. The van der Waals surface area contributed by atoms with Crippen molar-refractivity contribution in [2.45, 2.75) is 79.8 Å². The average molecular weight is 562 g/mol. The monoisotopic (exact) mass is 561 g/mol. The molecule has 0 N–H and O–H groups in total. The van der Waals surface area contributed by atoms with E-state index in [-0.39, 0.29) is 22.4 Å². The van der Waals surface area contributed by atoms with Crippen LogP contribution in [0.5, 0.6) is 11.5 Å². The fourth-order valence-corrected chi connectivity index (χ4v) is 6.87. The van der Waals surface area contributed by atoms with Gasteiger partial charge in [-0.2, -0.15) is 0 Å². The Morgan fingerprint density at radius 3 is 1.98 bits per heavy atom. The molecule has 0 amide bonds. The van der Waals surface area contributed by atoms with Crippen LogP contribution in [0, 0.1) is 24.7 Å². The van der Waals surface area contributed by atoms with E-state index in [2.05, 4.69) is 58.6 Å². The van der Waals surface area contributed by atoms with Crippen molar-refractivity contribution in [3.05, 3.63) is 80.1 Å². The van der Waals surface area contributed by atoms with Crippen LogP contribution in [0.3, 0.4) is 0 Å². The molecular weight excluding hydrogens is 522 g/mol. The SMILES string of the molecule is COc1cc(C2C3=C(CC(C)(C)CC3=O)N(C)C3=C2C(=O)CC(C)(C)C3)cc(Cl)c1OCc1ccc(C)c(C)c1. The first-order valence-corrected chi connectivity index (χ1v) is 14.4. The predicted molar refractivity (Wildman–Crippen MR) is 159 cm³/mol. The van der Waals surface area contributed by atoms with Gasteiger partial charge in [0.25, 0.3) is 0 Å². The summed E-state index contributed by atoms with van der Waals surface area (Å²) in [6.07, 6.45) is 2.43. The number of carbonyl (C=O) groups is 2. The third-order valence-electron chi connectivity index (χ3n) is 8.72. The maximum atomic E-state index is 13.8. The highest BCUT2D eigenvalue weighted by Gasteiger charge is 2.48. The largest absolute Gasteiger partial charge is 0.493 e. The van der Waals surface area contributed by atoms with Crippen LogP contribution in [-0.2, 0) is 16.2 Å². The summed E-state index contributed by atoms with van der Waals surface area (Å²) in [5.41, 5.74) is 7.42. The number of Topliss-reactive ketones (excluding diaryl/α,β-unsaturated/α-hetero) is 2. The quantitative estimate of drug-likeness (QED) is 0.372. The minimum Gasteiger partial charge on any atom is -0.493 e. The van der Waals surface area contributed by atoms with Gasteiger partial charge in [-0.25, -0.2) is 0 Å². The third kappa shape index (κ3) is 5.09. The Hall–Kier alpha value is -3.05. The van der Waals surface area contributed by atoms with E-state index in [1.165, 1.54) is 11.1 Å². The summed E-state index contributed by atoms with van der Waals surface area (Å²) in [5, 5.41) is 0.397. The van der Waals surface area contributed by atoms with Crippen molar-refractivity contribution in [1.82, 2.24) is 4.90 Å². The summed E-state index contributed by atoms with van der Waals surface area (Å²) < 4.78 is 12.0. The second kappa shape index (κ2) is 10.1. The molecular formula is C34H40ClNO4. The first-order valence-electron chi connectivity index (χ1n) is 14.0. The Labute approximate surface area is 243 Å². The van der Waals surface area contributed by atoms with Crippen LogP contribution in [0.4, 0.5) is 0 Å². The minimum atomic E-state index is -0.478. The van der Waals surface area contributed by atoms with E-state index in [9.17, 15) is 9.59 Å². The highest BCUT2D eigenvalue weighted by molar-refractivity contribution is 6.32. The number of aryl methyl sites for hydroxylation is 2. The summed E-state index contributed by atoms with van der Waals surface area (Å²) in [4.78, 5) is 29.7. The van der Waals surface area contributed by atoms with Crippen LogP contribution < -0.4 is 9.47 Å². The fourth-order valence-electron chi connectivity index (χ4n) is 6.59. The van der Waals surface area contributed by atoms with E-state index in [4.69, 9.17) is 21.1 Å². The van der Waals surface area contributed by atoms with E-state index < -0.39 is 5.92 Å². The standard InChI is InChI=1S/C34H40ClNO4/c1-19-9-10-21(11-20(19)2)18-40-32-23(35)12-22(13-28(32)39-8)29-30-24(14-33(3,4)16-26(30)37)36(7)25-15-34(5,6)17-27(38)31(25)29/h9-13,29H,14-18H2,1-8H3. The van der Waals surface area contributed by atoms with Crippen molar-refractivity contribution < 1.29 is 19.1 Å². The van der Waals surface area contributed by atoms with Crippen LogP contribution in [-0.4, -0.2) is 30.6 Å². The van der Waals surface area contributed by atoms with Crippen LogP contribution in [0.2, 0.25) is 5.02 Å². The van der Waals surface area contributed by atoms with E-state index in [1.807, 2.05) is 25.2 Å². The van der Waals surface area contributed by atoms with Gasteiger partial charge < -0.3 is 14.4 Å². The van der Waals surface area contributed by atoms with E-state index in [0.717, 1.165) is 46.5 Å². The molecule has 0 spiro atoms. The Kier molecular flexibility index (Phi) is 7.19. The van der Waals surface area contributed by atoms with Crippen LogP contribution in [0.1, 0.15) is 81.5 Å². The normalized spacial score (nSPS) is 20.5. The lowest BCUT2D eigenvalue weighted by Gasteiger charge is -2.48. The summed E-state index contributed by atoms with van der Waals surface area (Å²) >= 11 is 6.88. The molecule has 2 aromatic rings. The van der Waals surface area contributed by atoms with Gasteiger partial charge >= 0.3 is 0 Å². The molecule has 212 valence electrons. The molecule has 0 atom stereocenters. The smallest absolute Gasteiger partial charge is 0.180 e. The highest BCUT2D eigenvalue weighted by atomic mass is 35.5. The second-order valence-corrected chi connectivity index (χ2v) is 13.7. The zero-order valence-corrected chi connectivity index (χ0v) is 25.7. The van der Waals surface area contributed by atoms with Gasteiger partial charge in [0.05, 0.1) is 12.1 Å². The maximum Gasteiger partial charge on any atom is 0.180 e. The molecule has 2 aliphatic carbocycles. The Morgan fingerprint density at radius 1 is 0.875 bits per heavy atom. The average Bonchev–Trinajstić information content (AvgIpc) is 2.85. The number of rotatable bonds is 5. The lowest BCUT2D eigenvalue weighted by atomic mass is 9.63. The second-order valence-electron chi connectivity index (χ2n) is 13.3. The minimum absolute atomic E-state index is 0.0949. The molecule has 1 heterocycles. The molecule has 6 heteroatoms. The van der Waals surface area contributed by atoms with Gasteiger partial charge in [0.15, 0.2) is 23.1 Å². The number of benzene rings is 2. The molecule has 3 aliphatic rings. The molecule has 1 aliphatic heterocycles. The number of nitrogens with zero attached hydrogens (tertiary/aromatic N) is 1. The van der Waals surface area contributed by atoms with Crippen LogP contribution in [0.15, 0.2) is 52.9 Å². The van der Waals surface area contributed by atoms with Crippen molar-refractivity contribution in [2.24, 2.45) is 10.8 Å². The lowest BCUT2D eigenvalue weighted by Crippen LogP contribution is -2.43. The number of ether oxygens (including phenoxy) is 2. The summed E-state index contributed by atoms with van der Waals surface area (Å²) in [6.45, 7) is 13.1. The van der Waals surface area contributed by atoms with Gasteiger partial charge in [-0.15, -0.1) is 0 Å². The van der Waals surface area contributed by atoms with E-state index in [1.54, 1.807) is 7.11 Å². The lowest BCUT2D eigenvalue weighted by molar-refractivity contribution is -0.119. The Bertz CT molecular complexity index is 1420. The topological polar surface area (TPSA) is 55.8 Å². The van der Waals surface area contributed by atoms with E-state index in [0.29, 0.717) is 36.0 Å². The number of methoxy groups -OCH3 is 1. The number of hydrogen-bond donors (Lipinski definition) is 0. The van der Waals surface area contributed by atoms with Crippen molar-refractivity contribution in [1.29, 1.82) is 0 Å². The zero-order valence-electron chi connectivity index (χ0n) is 25.0. The Balaban J connectivity index is 1.61. The van der Waals surface area contributed by atoms with Gasteiger partial charge in [-0.05, 0) is 71.9 Å². The molecule has 0 saturated carbocycles. The van der Waals surface area contributed by atoms with E-state index >= 15 is 0 Å². The van der Waals surface area contributed by atoms with Crippen LogP contribution >= 0.6 is 11.6 Å². The van der Waals surface area contributed by atoms with Crippen molar-refractivity contribution in [2.75, 3.05) is 14.2 Å². The van der Waals surface area contributed by atoms with Crippen molar-refractivity contribution in [3.63, 3.8) is 0 Å². The molecule has 0 unspecified atom stereocenters. The summed E-state index contributed by atoms with van der Waals surface area (Å²) in [5.74, 6) is 0.653. The van der Waals surface area contributed by atoms with Crippen molar-refractivity contribution >= 4 is 23.2 Å². The highest BCUT2D eigenvalue weighted by Crippen LogP contribution is 2.55. The predicted octanol–water partition coefficient (Wildman–Crippen LogP) is 7.86. The van der Waals surface area contributed by atoms with Gasteiger partial charge in [-0.1, -0.05) is 57.5 Å². The molecule has 5 nitrogen and oxygen atoms in total. The van der Waals surface area contributed by atoms with Gasteiger partial charge in [-0.3, -0.25) is 9.59 Å². The molecule has 0 aromatic heterocycles. The van der Waals surface area contributed by atoms with Gasteiger partial charge in [0.1, 0.15) is 6.61 Å². The molecule has 5 rings (SSSR count). The first kappa shape index (κ1) is 28.5. The summed E-state index contributed by atoms with van der Waals surface area (Å²) in [7, 11) is 3.60. The number of halogens is 1. The number of allylic oxidation sites excluding steroid dienone is 4. The number of ketones is 2. The van der Waals surface area contributed by atoms with Crippen LogP contribution in [0.25, 0.3) is 0 Å². The molecule has 0 fully saturated rings. The summed E-state index contributed by atoms with van der Waals surface area (Å²) in [6, 6.07) is 9.98. The van der Waals surface area contributed by atoms with Gasteiger partial charge in [0, 0.05) is 48.3 Å². The first-order chi connectivity index (χ1) is 18.7. The zero-order chi connectivity index (χ0) is 29.1. The third-order valence-corrected chi connectivity index (χ3v) is 9.00. The number of hydrogen-bond acceptors (Lipinski definition) is 5. The molecule has 2 aromatic carbocycles.